The molecule has 1 heterocycles. The predicted molar refractivity (Wildman–Crippen MR) is 99.5 cm³/mol. The maximum atomic E-state index is 4.23. The molecule has 1 aliphatic rings. The van der Waals surface area contributed by atoms with Gasteiger partial charge in [-0.15, -0.1) is 24.0 Å². The van der Waals surface area contributed by atoms with Crippen molar-refractivity contribution in [2.75, 3.05) is 27.2 Å². The van der Waals surface area contributed by atoms with Gasteiger partial charge in [-0.1, -0.05) is 12.8 Å². The highest BCUT2D eigenvalue weighted by molar-refractivity contribution is 14.0. The number of likely N-dealkylation sites (N-methyl/N-ethyl adjacent to an activating group) is 1. The van der Waals surface area contributed by atoms with Crippen molar-refractivity contribution in [2.24, 2.45) is 12.0 Å². The van der Waals surface area contributed by atoms with Gasteiger partial charge in [0.25, 0.3) is 0 Å². The van der Waals surface area contributed by atoms with Crippen molar-refractivity contribution in [2.45, 2.75) is 38.3 Å². The minimum absolute atomic E-state index is 0. The summed E-state index contributed by atoms with van der Waals surface area (Å²) in [6.45, 7) is 2.55. The average molecular weight is 421 g/mol. The van der Waals surface area contributed by atoms with Gasteiger partial charge in [-0.2, -0.15) is 5.10 Å². The largest absolute Gasteiger partial charge is 0.355 e. The highest BCUT2D eigenvalue weighted by Gasteiger charge is 2.18. The number of rotatable bonds is 6. The van der Waals surface area contributed by atoms with Crippen LogP contribution in [-0.4, -0.2) is 58.9 Å². The van der Waals surface area contributed by atoms with E-state index in [9.17, 15) is 0 Å². The standard InChI is InChI=1S/C14H27N7.HI/c1-15-14(17-10-13-18-11-19-21(13)3)16-8-9-20(2)12-6-4-5-7-12;/h11-12H,4-10H2,1-3H3,(H2,15,16,17);1H. The van der Waals surface area contributed by atoms with Crippen molar-refractivity contribution >= 4 is 29.9 Å². The molecule has 7 nitrogen and oxygen atoms in total. The van der Waals surface area contributed by atoms with Gasteiger partial charge < -0.3 is 15.5 Å². The lowest BCUT2D eigenvalue weighted by Gasteiger charge is -2.24. The second-order valence-electron chi connectivity index (χ2n) is 5.57. The lowest BCUT2D eigenvalue weighted by molar-refractivity contribution is 0.249. The smallest absolute Gasteiger partial charge is 0.191 e. The molecule has 0 bridgehead atoms. The Labute approximate surface area is 150 Å². The van der Waals surface area contributed by atoms with Gasteiger partial charge in [-0.05, 0) is 19.9 Å². The number of halogens is 1. The fraction of sp³-hybridized carbons (Fsp3) is 0.786. The van der Waals surface area contributed by atoms with Crippen LogP contribution in [0.1, 0.15) is 31.5 Å². The Morgan fingerprint density at radius 2 is 2.14 bits per heavy atom. The van der Waals surface area contributed by atoms with E-state index in [-0.39, 0.29) is 24.0 Å². The molecule has 1 saturated carbocycles. The number of hydrogen-bond acceptors (Lipinski definition) is 4. The Balaban J connectivity index is 0.00000242. The summed E-state index contributed by atoms with van der Waals surface area (Å²) in [6, 6.07) is 0.764. The van der Waals surface area contributed by atoms with E-state index in [4.69, 9.17) is 0 Å². The molecule has 1 aliphatic carbocycles. The summed E-state index contributed by atoms with van der Waals surface area (Å²) in [4.78, 5) is 10.9. The number of aliphatic imine (C=N–C) groups is 1. The second kappa shape index (κ2) is 9.98. The van der Waals surface area contributed by atoms with Crippen LogP contribution in [0.15, 0.2) is 11.3 Å². The van der Waals surface area contributed by atoms with Crippen LogP contribution in [-0.2, 0) is 13.6 Å². The third-order valence-electron chi connectivity index (χ3n) is 4.15. The zero-order valence-corrected chi connectivity index (χ0v) is 16.1. The summed E-state index contributed by atoms with van der Waals surface area (Å²) in [5, 5.41) is 10.6. The fourth-order valence-corrected chi connectivity index (χ4v) is 2.74. The van der Waals surface area contributed by atoms with Crippen molar-refractivity contribution < 1.29 is 0 Å². The quantitative estimate of drug-likeness (QED) is 0.407. The van der Waals surface area contributed by atoms with Gasteiger partial charge in [0.15, 0.2) is 5.96 Å². The van der Waals surface area contributed by atoms with Crippen LogP contribution in [0, 0.1) is 0 Å². The summed E-state index contributed by atoms with van der Waals surface area (Å²) in [5.41, 5.74) is 0. The number of aryl methyl sites for hydroxylation is 1. The Kier molecular flexibility index (Phi) is 8.69. The maximum Gasteiger partial charge on any atom is 0.191 e. The van der Waals surface area contributed by atoms with E-state index in [0.29, 0.717) is 6.54 Å². The van der Waals surface area contributed by atoms with E-state index in [2.05, 4.69) is 37.7 Å². The van der Waals surface area contributed by atoms with Crippen LogP contribution in [0.25, 0.3) is 0 Å². The van der Waals surface area contributed by atoms with Crippen molar-refractivity contribution in [3.8, 4) is 0 Å². The first-order chi connectivity index (χ1) is 10.2. The summed E-state index contributed by atoms with van der Waals surface area (Å²) in [5.74, 6) is 1.69. The summed E-state index contributed by atoms with van der Waals surface area (Å²) >= 11 is 0. The average Bonchev–Trinajstić information content (AvgIpc) is 3.14. The Hall–Kier alpha value is -0.900. The molecule has 126 valence electrons. The molecule has 0 radical (unpaired) electrons. The first-order valence-electron chi connectivity index (χ1n) is 7.68. The van der Waals surface area contributed by atoms with Crippen LogP contribution in [0.4, 0.5) is 0 Å². The third kappa shape index (κ3) is 5.71. The molecule has 1 aromatic rings. The zero-order chi connectivity index (χ0) is 15.1. The van der Waals surface area contributed by atoms with E-state index < -0.39 is 0 Å². The van der Waals surface area contributed by atoms with Gasteiger partial charge in [-0.25, -0.2) is 4.98 Å². The molecule has 2 N–H and O–H groups in total. The molecular formula is C14H28IN7. The Morgan fingerprint density at radius 1 is 1.41 bits per heavy atom. The van der Waals surface area contributed by atoms with Gasteiger partial charge in [0.2, 0.25) is 0 Å². The molecule has 0 aromatic carbocycles. The molecule has 8 heteroatoms. The van der Waals surface area contributed by atoms with Crippen molar-refractivity contribution in [3.63, 3.8) is 0 Å². The first-order valence-corrected chi connectivity index (χ1v) is 7.68. The predicted octanol–water partition coefficient (Wildman–Crippen LogP) is 0.972. The van der Waals surface area contributed by atoms with Gasteiger partial charge in [0.1, 0.15) is 12.2 Å². The minimum atomic E-state index is 0. The number of hydrogen-bond donors (Lipinski definition) is 2. The molecule has 1 fully saturated rings. The zero-order valence-electron chi connectivity index (χ0n) is 13.7. The molecule has 22 heavy (non-hydrogen) atoms. The molecule has 0 saturated heterocycles. The Morgan fingerprint density at radius 3 is 2.73 bits per heavy atom. The third-order valence-corrected chi connectivity index (χ3v) is 4.15. The monoisotopic (exact) mass is 421 g/mol. The van der Waals surface area contributed by atoms with Crippen LogP contribution in [0.2, 0.25) is 0 Å². The summed E-state index contributed by atoms with van der Waals surface area (Å²) in [6.07, 6.45) is 7.00. The maximum absolute atomic E-state index is 4.23. The molecule has 0 amide bonds. The van der Waals surface area contributed by atoms with Gasteiger partial charge in [0.05, 0.1) is 6.54 Å². The van der Waals surface area contributed by atoms with E-state index in [0.717, 1.165) is 30.9 Å². The molecule has 0 spiro atoms. The van der Waals surface area contributed by atoms with Crippen molar-refractivity contribution in [1.82, 2.24) is 30.3 Å². The highest BCUT2D eigenvalue weighted by atomic mass is 127. The number of aromatic nitrogens is 3. The lowest BCUT2D eigenvalue weighted by atomic mass is 10.2. The second-order valence-corrected chi connectivity index (χ2v) is 5.57. The topological polar surface area (TPSA) is 70.4 Å². The number of nitrogens with one attached hydrogen (secondary N) is 2. The minimum Gasteiger partial charge on any atom is -0.355 e. The van der Waals surface area contributed by atoms with E-state index in [1.807, 2.05) is 7.05 Å². The van der Waals surface area contributed by atoms with Gasteiger partial charge >= 0.3 is 0 Å². The van der Waals surface area contributed by atoms with Crippen LogP contribution < -0.4 is 10.6 Å². The van der Waals surface area contributed by atoms with Gasteiger partial charge in [0, 0.05) is 33.2 Å². The molecular weight excluding hydrogens is 393 g/mol. The lowest BCUT2D eigenvalue weighted by Crippen LogP contribution is -2.42. The molecule has 2 rings (SSSR count). The van der Waals surface area contributed by atoms with Gasteiger partial charge in [-0.3, -0.25) is 9.67 Å². The SMILES string of the molecule is CN=C(NCCN(C)C1CCCC1)NCc1ncnn1C.I. The summed E-state index contributed by atoms with van der Waals surface area (Å²) in [7, 11) is 5.89. The highest BCUT2D eigenvalue weighted by Crippen LogP contribution is 2.21. The normalized spacial score (nSPS) is 15.9. The first kappa shape index (κ1) is 19.1. The fourth-order valence-electron chi connectivity index (χ4n) is 2.74. The Bertz CT molecular complexity index is 454. The van der Waals surface area contributed by atoms with E-state index in [1.54, 1.807) is 18.1 Å². The van der Waals surface area contributed by atoms with Crippen LogP contribution in [0.5, 0.6) is 0 Å². The van der Waals surface area contributed by atoms with E-state index in [1.165, 1.54) is 25.7 Å². The molecule has 0 aliphatic heterocycles. The molecule has 1 aromatic heterocycles. The van der Waals surface area contributed by atoms with Crippen molar-refractivity contribution in [3.05, 3.63) is 12.2 Å². The molecule has 0 atom stereocenters. The summed E-state index contributed by atoms with van der Waals surface area (Å²) < 4.78 is 1.76. The van der Waals surface area contributed by atoms with E-state index >= 15 is 0 Å². The van der Waals surface area contributed by atoms with Crippen LogP contribution >= 0.6 is 24.0 Å². The van der Waals surface area contributed by atoms with Crippen LogP contribution in [0.3, 0.4) is 0 Å². The molecule has 0 unspecified atom stereocenters. The number of nitrogens with zero attached hydrogens (tertiary/aromatic N) is 5. The van der Waals surface area contributed by atoms with Crippen molar-refractivity contribution in [1.29, 1.82) is 0 Å². The number of guanidine groups is 1.